The van der Waals surface area contributed by atoms with Gasteiger partial charge in [-0.25, -0.2) is 4.79 Å². The van der Waals surface area contributed by atoms with Gasteiger partial charge < -0.3 is 9.64 Å². The first-order chi connectivity index (χ1) is 10.4. The fraction of sp³-hybridized carbons (Fsp3) is 0.526. The van der Waals surface area contributed by atoms with Crippen LogP contribution in [0.3, 0.4) is 0 Å². The molecule has 3 rings (SSSR count). The van der Waals surface area contributed by atoms with Gasteiger partial charge in [-0.1, -0.05) is 30.3 Å². The Morgan fingerprint density at radius 1 is 1.32 bits per heavy atom. The second-order valence-electron chi connectivity index (χ2n) is 7.26. The summed E-state index contributed by atoms with van der Waals surface area (Å²) in [5.74, 6) is 0. The van der Waals surface area contributed by atoms with Crippen molar-refractivity contribution in [3.05, 3.63) is 41.5 Å². The number of allylic oxidation sites excluding steroid dienone is 1. The van der Waals surface area contributed by atoms with Gasteiger partial charge in [-0.05, 0) is 63.2 Å². The van der Waals surface area contributed by atoms with Crippen LogP contribution in [-0.4, -0.2) is 29.2 Å². The van der Waals surface area contributed by atoms with Gasteiger partial charge in [0.15, 0.2) is 0 Å². The molecule has 1 aromatic carbocycles. The normalized spacial score (nSPS) is 20.8. The Hall–Kier alpha value is -1.77. The minimum atomic E-state index is -0.427. The van der Waals surface area contributed by atoms with Crippen LogP contribution in [-0.2, 0) is 11.2 Å². The van der Waals surface area contributed by atoms with E-state index in [2.05, 4.69) is 30.3 Å². The van der Waals surface area contributed by atoms with Gasteiger partial charge in [0.2, 0.25) is 0 Å². The SMILES string of the molecule is CC(C)(C)OC(=O)N1CCC[C@H]1CC1=CCc2ccccc21. The van der Waals surface area contributed by atoms with Crippen LogP contribution >= 0.6 is 0 Å². The van der Waals surface area contributed by atoms with Crippen LogP contribution in [0, 0.1) is 0 Å². The van der Waals surface area contributed by atoms with Crippen molar-refractivity contribution in [2.75, 3.05) is 6.54 Å². The van der Waals surface area contributed by atoms with Gasteiger partial charge in [-0.2, -0.15) is 0 Å². The molecule has 1 aromatic rings. The van der Waals surface area contributed by atoms with Crippen LogP contribution in [0.4, 0.5) is 4.79 Å². The van der Waals surface area contributed by atoms with E-state index in [4.69, 9.17) is 4.74 Å². The van der Waals surface area contributed by atoms with Gasteiger partial charge in [0, 0.05) is 12.6 Å². The van der Waals surface area contributed by atoms with Gasteiger partial charge in [0.05, 0.1) is 0 Å². The third-order valence-electron chi connectivity index (χ3n) is 4.39. The monoisotopic (exact) mass is 299 g/mol. The highest BCUT2D eigenvalue weighted by Crippen LogP contribution is 2.34. The number of nitrogens with zero attached hydrogens (tertiary/aromatic N) is 1. The number of fused-ring (bicyclic) bond motifs is 1. The van der Waals surface area contributed by atoms with Crippen LogP contribution in [0.5, 0.6) is 0 Å². The number of carbonyl (C=O) groups is 1. The van der Waals surface area contributed by atoms with Gasteiger partial charge in [-0.3, -0.25) is 0 Å². The van der Waals surface area contributed by atoms with Gasteiger partial charge in [0.25, 0.3) is 0 Å². The lowest BCUT2D eigenvalue weighted by molar-refractivity contribution is 0.0230. The summed E-state index contributed by atoms with van der Waals surface area (Å²) in [6, 6.07) is 8.85. The lowest BCUT2D eigenvalue weighted by atomic mass is 9.98. The third kappa shape index (κ3) is 3.18. The van der Waals surface area contributed by atoms with Crippen LogP contribution in [0.1, 0.15) is 51.2 Å². The van der Waals surface area contributed by atoms with Crippen molar-refractivity contribution in [3.8, 4) is 0 Å². The summed E-state index contributed by atoms with van der Waals surface area (Å²) < 4.78 is 5.55. The first-order valence-electron chi connectivity index (χ1n) is 8.21. The lowest BCUT2D eigenvalue weighted by Crippen LogP contribution is -2.39. The molecule has 3 heteroatoms. The van der Waals surface area contributed by atoms with Gasteiger partial charge >= 0.3 is 6.09 Å². The van der Waals surface area contributed by atoms with E-state index in [9.17, 15) is 4.79 Å². The van der Waals surface area contributed by atoms with E-state index in [1.54, 1.807) is 0 Å². The number of likely N-dealkylation sites (tertiary alicyclic amines) is 1. The molecule has 0 spiro atoms. The van der Waals surface area contributed by atoms with Crippen molar-refractivity contribution in [1.82, 2.24) is 4.90 Å². The number of carbonyl (C=O) groups excluding carboxylic acids is 1. The minimum Gasteiger partial charge on any atom is -0.444 e. The second-order valence-corrected chi connectivity index (χ2v) is 7.26. The molecule has 1 fully saturated rings. The van der Waals surface area contributed by atoms with E-state index < -0.39 is 5.60 Å². The van der Waals surface area contributed by atoms with E-state index in [1.807, 2.05) is 25.7 Å². The smallest absolute Gasteiger partial charge is 0.410 e. The lowest BCUT2D eigenvalue weighted by Gasteiger charge is -2.29. The highest BCUT2D eigenvalue weighted by atomic mass is 16.6. The Labute approximate surface area is 133 Å². The molecule has 118 valence electrons. The molecule has 0 saturated carbocycles. The molecule has 0 bridgehead atoms. The molecular formula is C19H25NO2. The van der Waals surface area contributed by atoms with Crippen molar-refractivity contribution < 1.29 is 9.53 Å². The standard InChI is InChI=1S/C19H25NO2/c1-19(2,3)22-18(21)20-12-6-8-16(20)13-15-11-10-14-7-4-5-9-17(14)15/h4-5,7,9,11,16H,6,8,10,12-13H2,1-3H3/t16-/m0/s1. The zero-order chi connectivity index (χ0) is 15.7. The minimum absolute atomic E-state index is 0.165. The van der Waals surface area contributed by atoms with Crippen LogP contribution in [0.15, 0.2) is 30.3 Å². The number of hydrogen-bond donors (Lipinski definition) is 0. The summed E-state index contributed by atoms with van der Waals surface area (Å²) in [4.78, 5) is 14.3. The summed E-state index contributed by atoms with van der Waals surface area (Å²) in [6.45, 7) is 6.58. The fourth-order valence-corrected chi connectivity index (χ4v) is 3.41. The summed E-state index contributed by atoms with van der Waals surface area (Å²) in [5.41, 5.74) is 3.72. The summed E-state index contributed by atoms with van der Waals surface area (Å²) in [6.07, 6.45) is 6.25. The average Bonchev–Trinajstić information content (AvgIpc) is 3.05. The topological polar surface area (TPSA) is 29.5 Å². The zero-order valence-electron chi connectivity index (χ0n) is 13.8. The molecule has 0 aromatic heterocycles. The highest BCUT2D eigenvalue weighted by Gasteiger charge is 2.33. The molecule has 3 nitrogen and oxygen atoms in total. The Bertz CT molecular complexity index is 598. The molecule has 1 aliphatic heterocycles. The van der Waals surface area contributed by atoms with Crippen LogP contribution in [0.2, 0.25) is 0 Å². The molecule has 1 atom stereocenters. The van der Waals surface area contributed by atoms with Crippen LogP contribution in [0.25, 0.3) is 5.57 Å². The van der Waals surface area contributed by atoms with Gasteiger partial charge in [0.1, 0.15) is 5.60 Å². The van der Waals surface area contributed by atoms with Crippen molar-refractivity contribution in [2.24, 2.45) is 0 Å². The maximum atomic E-state index is 12.4. The Kier molecular flexibility index (Phi) is 3.98. The molecule has 1 amide bonds. The zero-order valence-corrected chi connectivity index (χ0v) is 13.8. The maximum Gasteiger partial charge on any atom is 0.410 e. The largest absolute Gasteiger partial charge is 0.444 e. The molecule has 1 saturated heterocycles. The highest BCUT2D eigenvalue weighted by molar-refractivity contribution is 5.74. The molecule has 0 radical (unpaired) electrons. The van der Waals surface area contributed by atoms with Crippen molar-refractivity contribution in [3.63, 3.8) is 0 Å². The Morgan fingerprint density at radius 3 is 2.86 bits per heavy atom. The molecule has 22 heavy (non-hydrogen) atoms. The summed E-state index contributed by atoms with van der Waals surface area (Å²) in [5, 5.41) is 0. The van der Waals surface area contributed by atoms with Crippen LogP contribution < -0.4 is 0 Å². The Balaban J connectivity index is 1.69. The number of rotatable bonds is 2. The Morgan fingerprint density at radius 2 is 2.09 bits per heavy atom. The number of benzene rings is 1. The maximum absolute atomic E-state index is 12.4. The number of ether oxygens (including phenoxy) is 1. The molecule has 0 N–H and O–H groups in total. The van der Waals surface area contributed by atoms with Crippen molar-refractivity contribution in [1.29, 1.82) is 0 Å². The average molecular weight is 299 g/mol. The first kappa shape index (κ1) is 15.1. The number of hydrogen-bond acceptors (Lipinski definition) is 2. The molecule has 0 unspecified atom stereocenters. The van der Waals surface area contributed by atoms with E-state index in [0.717, 1.165) is 32.2 Å². The molecule has 1 aliphatic carbocycles. The summed E-state index contributed by atoms with van der Waals surface area (Å²) in [7, 11) is 0. The van der Waals surface area contributed by atoms with Crippen molar-refractivity contribution in [2.45, 2.75) is 58.1 Å². The molecule has 1 heterocycles. The van der Waals surface area contributed by atoms with E-state index in [1.165, 1.54) is 16.7 Å². The van der Waals surface area contributed by atoms with E-state index in [0.29, 0.717) is 0 Å². The van der Waals surface area contributed by atoms with E-state index in [-0.39, 0.29) is 12.1 Å². The predicted octanol–water partition coefficient (Wildman–Crippen LogP) is 4.42. The molecule has 2 aliphatic rings. The quantitative estimate of drug-likeness (QED) is 0.809. The number of amides is 1. The third-order valence-corrected chi connectivity index (χ3v) is 4.39. The first-order valence-corrected chi connectivity index (χ1v) is 8.21. The summed E-state index contributed by atoms with van der Waals surface area (Å²) >= 11 is 0. The second kappa shape index (κ2) is 5.79. The van der Waals surface area contributed by atoms with Gasteiger partial charge in [-0.15, -0.1) is 0 Å². The fourth-order valence-electron chi connectivity index (χ4n) is 3.41. The predicted molar refractivity (Wildman–Crippen MR) is 88.7 cm³/mol. The molecular weight excluding hydrogens is 274 g/mol. The van der Waals surface area contributed by atoms with Crippen molar-refractivity contribution >= 4 is 11.7 Å². The van der Waals surface area contributed by atoms with E-state index >= 15 is 0 Å².